The summed E-state index contributed by atoms with van der Waals surface area (Å²) >= 11 is 1.76. The van der Waals surface area contributed by atoms with E-state index in [1.165, 1.54) is 5.56 Å². The number of hydrogen-bond donors (Lipinski definition) is 2. The first-order valence-electron chi connectivity index (χ1n) is 5.81. The van der Waals surface area contributed by atoms with Crippen molar-refractivity contribution < 1.29 is 5.11 Å². The van der Waals surface area contributed by atoms with Crippen LogP contribution in [0.4, 0.5) is 0 Å². The van der Waals surface area contributed by atoms with Gasteiger partial charge >= 0.3 is 0 Å². The molecule has 0 bridgehead atoms. The summed E-state index contributed by atoms with van der Waals surface area (Å²) in [6.07, 6.45) is 6.22. The topological polar surface area (TPSA) is 32.3 Å². The molecule has 1 atom stereocenters. The average molecular weight is 249 g/mol. The Hall–Kier alpha value is -1.11. The molecular weight excluding hydrogens is 230 g/mol. The van der Waals surface area contributed by atoms with Crippen LogP contribution in [0.1, 0.15) is 24.9 Å². The maximum atomic E-state index is 9.24. The molecule has 0 aliphatic carbocycles. The lowest BCUT2D eigenvalue weighted by Crippen LogP contribution is -2.23. The van der Waals surface area contributed by atoms with Gasteiger partial charge in [-0.3, -0.25) is 0 Å². The zero-order valence-electron chi connectivity index (χ0n) is 10.1. The molecular formula is C14H19NOS. The van der Waals surface area contributed by atoms with E-state index in [9.17, 15) is 5.11 Å². The second-order valence-corrected chi connectivity index (χ2v) is 4.87. The molecule has 92 valence electrons. The molecule has 2 nitrogen and oxygen atoms in total. The third-order valence-corrected chi connectivity index (χ3v) is 3.39. The van der Waals surface area contributed by atoms with E-state index in [1.54, 1.807) is 23.9 Å². The summed E-state index contributed by atoms with van der Waals surface area (Å²) in [6, 6.07) is 7.73. The second kappa shape index (κ2) is 8.05. The highest BCUT2D eigenvalue weighted by Crippen LogP contribution is 2.19. The number of phenols is 1. The Morgan fingerprint density at radius 3 is 2.71 bits per heavy atom. The smallest absolute Gasteiger partial charge is 0.115 e. The van der Waals surface area contributed by atoms with Crippen molar-refractivity contribution >= 4 is 11.8 Å². The van der Waals surface area contributed by atoms with Crippen LogP contribution in [0.2, 0.25) is 0 Å². The second-order valence-electron chi connectivity index (χ2n) is 3.76. The van der Waals surface area contributed by atoms with E-state index in [-0.39, 0.29) is 0 Å². The standard InChI is InChI=1S/C14H19NOS/c1-3-10-17-11-9-15-14(4-2)12-5-7-13(16)8-6-12/h1,5-8,14-16H,4,9-11H2,2H3. The van der Waals surface area contributed by atoms with Crippen LogP contribution in [0.5, 0.6) is 5.75 Å². The molecule has 1 aromatic rings. The van der Waals surface area contributed by atoms with Gasteiger partial charge in [-0.25, -0.2) is 0 Å². The Morgan fingerprint density at radius 1 is 1.41 bits per heavy atom. The van der Waals surface area contributed by atoms with E-state index in [1.807, 2.05) is 12.1 Å². The maximum absolute atomic E-state index is 9.24. The first kappa shape index (κ1) is 14.0. The van der Waals surface area contributed by atoms with E-state index in [0.717, 1.165) is 24.5 Å². The van der Waals surface area contributed by atoms with Gasteiger partial charge in [-0.2, -0.15) is 0 Å². The molecule has 1 unspecified atom stereocenters. The Morgan fingerprint density at radius 2 is 2.12 bits per heavy atom. The van der Waals surface area contributed by atoms with Gasteiger partial charge in [0, 0.05) is 18.3 Å². The normalized spacial score (nSPS) is 12.0. The first-order valence-corrected chi connectivity index (χ1v) is 6.97. The summed E-state index contributed by atoms with van der Waals surface area (Å²) in [5.41, 5.74) is 1.22. The minimum atomic E-state index is 0.313. The molecule has 0 fully saturated rings. The van der Waals surface area contributed by atoms with E-state index in [2.05, 4.69) is 18.2 Å². The molecule has 0 saturated carbocycles. The van der Waals surface area contributed by atoms with Crippen molar-refractivity contribution in [3.63, 3.8) is 0 Å². The molecule has 0 spiro atoms. The fraction of sp³-hybridized carbons (Fsp3) is 0.429. The van der Waals surface area contributed by atoms with Crippen molar-refractivity contribution in [1.29, 1.82) is 0 Å². The van der Waals surface area contributed by atoms with Gasteiger partial charge in [-0.05, 0) is 24.1 Å². The SMILES string of the molecule is C#CCSCCNC(CC)c1ccc(O)cc1. The van der Waals surface area contributed by atoms with Crippen LogP contribution in [-0.2, 0) is 0 Å². The van der Waals surface area contributed by atoms with Crippen LogP contribution in [0.15, 0.2) is 24.3 Å². The first-order chi connectivity index (χ1) is 8.27. The number of rotatable bonds is 7. The van der Waals surface area contributed by atoms with Crippen LogP contribution in [-0.4, -0.2) is 23.2 Å². The van der Waals surface area contributed by atoms with Crippen molar-refractivity contribution in [2.24, 2.45) is 0 Å². The number of hydrogen-bond acceptors (Lipinski definition) is 3. The predicted molar refractivity (Wildman–Crippen MR) is 75.3 cm³/mol. The number of aromatic hydroxyl groups is 1. The van der Waals surface area contributed by atoms with Crippen LogP contribution in [0.25, 0.3) is 0 Å². The monoisotopic (exact) mass is 249 g/mol. The molecule has 0 saturated heterocycles. The summed E-state index contributed by atoms with van der Waals surface area (Å²) in [6.45, 7) is 3.10. The molecule has 1 rings (SSSR count). The molecule has 0 aromatic heterocycles. The summed E-state index contributed by atoms with van der Waals surface area (Å²) < 4.78 is 0. The Labute approximate surface area is 108 Å². The lowest BCUT2D eigenvalue weighted by molar-refractivity contribution is 0.473. The molecule has 17 heavy (non-hydrogen) atoms. The molecule has 2 N–H and O–H groups in total. The van der Waals surface area contributed by atoms with Crippen molar-refractivity contribution in [2.75, 3.05) is 18.1 Å². The fourth-order valence-electron chi connectivity index (χ4n) is 1.64. The predicted octanol–water partition coefficient (Wildman–Crippen LogP) is 2.80. The Kier molecular flexibility index (Phi) is 6.61. The number of benzene rings is 1. The number of nitrogens with one attached hydrogen (secondary N) is 1. The van der Waals surface area contributed by atoms with Crippen molar-refractivity contribution in [2.45, 2.75) is 19.4 Å². The molecule has 0 aliphatic heterocycles. The Balaban J connectivity index is 2.38. The van der Waals surface area contributed by atoms with Gasteiger partial charge in [-0.15, -0.1) is 18.2 Å². The van der Waals surface area contributed by atoms with Gasteiger partial charge in [0.05, 0.1) is 5.75 Å². The highest BCUT2D eigenvalue weighted by molar-refractivity contribution is 7.99. The van der Waals surface area contributed by atoms with Gasteiger partial charge in [-0.1, -0.05) is 25.0 Å². The third-order valence-electron chi connectivity index (χ3n) is 2.53. The van der Waals surface area contributed by atoms with Crippen LogP contribution < -0.4 is 5.32 Å². The molecule has 3 heteroatoms. The quantitative estimate of drug-likeness (QED) is 0.576. The van der Waals surface area contributed by atoms with E-state index < -0.39 is 0 Å². The number of terminal acetylenes is 1. The number of phenolic OH excluding ortho intramolecular Hbond substituents is 1. The van der Waals surface area contributed by atoms with E-state index in [0.29, 0.717) is 11.8 Å². The van der Waals surface area contributed by atoms with Gasteiger partial charge < -0.3 is 10.4 Å². The lowest BCUT2D eigenvalue weighted by atomic mass is 10.0. The molecule has 0 aliphatic rings. The van der Waals surface area contributed by atoms with E-state index in [4.69, 9.17) is 6.42 Å². The van der Waals surface area contributed by atoms with Crippen molar-refractivity contribution in [3.8, 4) is 18.1 Å². The van der Waals surface area contributed by atoms with Gasteiger partial charge in [0.1, 0.15) is 5.75 Å². The highest BCUT2D eigenvalue weighted by Gasteiger charge is 2.07. The highest BCUT2D eigenvalue weighted by atomic mass is 32.2. The average Bonchev–Trinajstić information content (AvgIpc) is 2.35. The van der Waals surface area contributed by atoms with Crippen LogP contribution in [0, 0.1) is 12.3 Å². The minimum absolute atomic E-state index is 0.313. The van der Waals surface area contributed by atoms with Crippen LogP contribution in [0.3, 0.4) is 0 Å². The maximum Gasteiger partial charge on any atom is 0.115 e. The summed E-state index contributed by atoms with van der Waals surface area (Å²) in [4.78, 5) is 0. The summed E-state index contributed by atoms with van der Waals surface area (Å²) in [7, 11) is 0. The molecule has 1 aromatic carbocycles. The molecule has 0 radical (unpaired) electrons. The summed E-state index contributed by atoms with van der Waals surface area (Å²) in [5, 5.41) is 12.7. The van der Waals surface area contributed by atoms with Gasteiger partial charge in [0.15, 0.2) is 0 Å². The van der Waals surface area contributed by atoms with Crippen molar-refractivity contribution in [1.82, 2.24) is 5.32 Å². The minimum Gasteiger partial charge on any atom is -0.508 e. The molecule has 0 heterocycles. The number of thioether (sulfide) groups is 1. The Bertz CT molecular complexity index is 355. The third kappa shape index (κ3) is 5.16. The molecule has 0 amide bonds. The van der Waals surface area contributed by atoms with Crippen molar-refractivity contribution in [3.05, 3.63) is 29.8 Å². The van der Waals surface area contributed by atoms with Gasteiger partial charge in [0.25, 0.3) is 0 Å². The van der Waals surface area contributed by atoms with E-state index >= 15 is 0 Å². The van der Waals surface area contributed by atoms with Crippen LogP contribution >= 0.6 is 11.8 Å². The van der Waals surface area contributed by atoms with Gasteiger partial charge in [0.2, 0.25) is 0 Å². The lowest BCUT2D eigenvalue weighted by Gasteiger charge is -2.17. The zero-order valence-corrected chi connectivity index (χ0v) is 11.0. The largest absolute Gasteiger partial charge is 0.508 e. The zero-order chi connectivity index (χ0) is 12.5. The fourth-order valence-corrected chi connectivity index (χ4v) is 2.17. The summed E-state index contributed by atoms with van der Waals surface area (Å²) in [5.74, 6) is 4.73.